The van der Waals surface area contributed by atoms with Gasteiger partial charge in [0.2, 0.25) is 5.91 Å². The largest absolute Gasteiger partial charge is 0.336 e. The first kappa shape index (κ1) is 17.9. The molecule has 1 aliphatic heterocycles. The zero-order valence-corrected chi connectivity index (χ0v) is 14.2. The fraction of sp³-hybridized carbons (Fsp3) is 0.583. The van der Waals surface area contributed by atoms with Gasteiger partial charge in [-0.2, -0.15) is 0 Å². The molecule has 1 saturated heterocycles. The van der Waals surface area contributed by atoms with E-state index in [2.05, 4.69) is 26.2 Å². The number of piperazine rings is 1. The Labute approximate surface area is 136 Å². The molecular formula is C12H18BrClN4O3. The zero-order valence-electron chi connectivity index (χ0n) is 11.8. The molecule has 7 nitrogen and oxygen atoms in total. The summed E-state index contributed by atoms with van der Waals surface area (Å²) >= 11 is 3.05. The lowest BCUT2D eigenvalue weighted by Gasteiger charge is -2.38. The number of nitrogens with zero attached hydrogens (tertiary/aromatic N) is 2. The third kappa shape index (κ3) is 3.96. The molecule has 0 spiro atoms. The Balaban J connectivity index is 0.00000220. The molecule has 0 radical (unpaired) electrons. The van der Waals surface area contributed by atoms with Crippen molar-refractivity contribution in [3.63, 3.8) is 0 Å². The van der Waals surface area contributed by atoms with Crippen molar-refractivity contribution < 1.29 is 4.79 Å². The number of carbonyl (C=O) groups excluding carboxylic acids is 1. The van der Waals surface area contributed by atoms with Crippen molar-refractivity contribution in [2.45, 2.75) is 32.5 Å². The number of halogens is 2. The molecule has 2 N–H and O–H groups in total. The third-order valence-corrected chi connectivity index (χ3v) is 4.19. The summed E-state index contributed by atoms with van der Waals surface area (Å²) in [7, 11) is 0. The van der Waals surface area contributed by atoms with Crippen LogP contribution >= 0.6 is 28.3 Å². The molecule has 1 aromatic rings. The fourth-order valence-corrected chi connectivity index (χ4v) is 2.59. The lowest BCUT2D eigenvalue weighted by Crippen LogP contribution is -2.58. The Morgan fingerprint density at radius 2 is 2.10 bits per heavy atom. The van der Waals surface area contributed by atoms with E-state index in [-0.39, 0.29) is 41.4 Å². The molecule has 21 heavy (non-hydrogen) atoms. The van der Waals surface area contributed by atoms with Crippen molar-refractivity contribution in [2.24, 2.45) is 0 Å². The van der Waals surface area contributed by atoms with E-state index in [9.17, 15) is 14.4 Å². The molecule has 2 atom stereocenters. The highest BCUT2D eigenvalue weighted by atomic mass is 79.9. The van der Waals surface area contributed by atoms with Crippen molar-refractivity contribution in [1.82, 2.24) is 19.8 Å². The van der Waals surface area contributed by atoms with Crippen molar-refractivity contribution >= 4 is 34.2 Å². The Morgan fingerprint density at radius 3 is 2.76 bits per heavy atom. The Hall–Kier alpha value is -1.12. The summed E-state index contributed by atoms with van der Waals surface area (Å²) in [6.45, 7) is 5.27. The highest BCUT2D eigenvalue weighted by Gasteiger charge is 2.28. The molecule has 0 saturated carbocycles. The Bertz CT molecular complexity index is 630. The number of amides is 1. The van der Waals surface area contributed by atoms with E-state index in [0.29, 0.717) is 6.54 Å². The molecular weight excluding hydrogens is 364 g/mol. The zero-order chi connectivity index (χ0) is 14.9. The quantitative estimate of drug-likeness (QED) is 0.751. The molecule has 0 bridgehead atoms. The number of H-pyrrole nitrogens is 1. The van der Waals surface area contributed by atoms with Crippen LogP contribution in [0.2, 0.25) is 0 Å². The highest BCUT2D eigenvalue weighted by molar-refractivity contribution is 9.10. The maximum absolute atomic E-state index is 12.3. The summed E-state index contributed by atoms with van der Waals surface area (Å²) in [6, 6.07) is 0.282. The van der Waals surface area contributed by atoms with E-state index in [4.69, 9.17) is 0 Å². The molecule has 118 valence electrons. The van der Waals surface area contributed by atoms with Gasteiger partial charge in [-0.3, -0.25) is 19.1 Å². The lowest BCUT2D eigenvalue weighted by atomic mass is 10.1. The normalized spacial score (nSPS) is 21.8. The fourth-order valence-electron chi connectivity index (χ4n) is 2.25. The first-order valence-corrected chi connectivity index (χ1v) is 7.21. The molecule has 9 heteroatoms. The molecule has 2 rings (SSSR count). The molecule has 1 aromatic heterocycles. The van der Waals surface area contributed by atoms with Gasteiger partial charge < -0.3 is 10.2 Å². The summed E-state index contributed by atoms with van der Waals surface area (Å²) in [5.41, 5.74) is -1.08. The number of hydrogen-bond donors (Lipinski definition) is 2. The second-order valence-corrected chi connectivity index (χ2v) is 5.79. The van der Waals surface area contributed by atoms with Crippen molar-refractivity contribution in [2.75, 3.05) is 13.1 Å². The molecule has 1 fully saturated rings. The summed E-state index contributed by atoms with van der Waals surface area (Å²) in [6.07, 6.45) is 1.34. The second-order valence-electron chi connectivity index (χ2n) is 4.93. The molecule has 0 aliphatic carbocycles. The van der Waals surface area contributed by atoms with E-state index in [1.54, 1.807) is 4.90 Å². The molecule has 2 unspecified atom stereocenters. The smallest absolute Gasteiger partial charge is 0.328 e. The van der Waals surface area contributed by atoms with Gasteiger partial charge in [0.1, 0.15) is 6.54 Å². The molecule has 0 aromatic carbocycles. The molecule has 1 aliphatic rings. The maximum atomic E-state index is 12.3. The van der Waals surface area contributed by atoms with Gasteiger partial charge in [0.05, 0.1) is 4.47 Å². The maximum Gasteiger partial charge on any atom is 0.328 e. The van der Waals surface area contributed by atoms with Crippen LogP contribution in [0.4, 0.5) is 0 Å². The average molecular weight is 382 g/mol. The summed E-state index contributed by atoms with van der Waals surface area (Å²) in [5, 5.41) is 3.29. The van der Waals surface area contributed by atoms with Gasteiger partial charge in [0.15, 0.2) is 0 Å². The van der Waals surface area contributed by atoms with E-state index in [0.717, 1.165) is 6.54 Å². The summed E-state index contributed by atoms with van der Waals surface area (Å²) in [5.74, 6) is -0.133. The van der Waals surface area contributed by atoms with Crippen LogP contribution in [-0.2, 0) is 11.3 Å². The number of rotatable bonds is 2. The lowest BCUT2D eigenvalue weighted by molar-refractivity contribution is -0.135. The minimum absolute atomic E-state index is 0. The predicted molar refractivity (Wildman–Crippen MR) is 84.9 cm³/mol. The SMILES string of the molecule is CC1NCCN(C(=O)Cn2cc(Br)c(=O)[nH]c2=O)C1C.Cl. The van der Waals surface area contributed by atoms with Crippen LogP contribution < -0.4 is 16.6 Å². The molecule has 1 amide bonds. The summed E-state index contributed by atoms with van der Waals surface area (Å²) in [4.78, 5) is 39.1. The van der Waals surface area contributed by atoms with Gasteiger partial charge in [0.25, 0.3) is 5.56 Å². The van der Waals surface area contributed by atoms with Crippen LogP contribution in [0.25, 0.3) is 0 Å². The van der Waals surface area contributed by atoms with Crippen molar-refractivity contribution in [3.05, 3.63) is 31.5 Å². The van der Waals surface area contributed by atoms with Crippen molar-refractivity contribution in [1.29, 1.82) is 0 Å². The van der Waals surface area contributed by atoms with E-state index in [1.165, 1.54) is 10.8 Å². The van der Waals surface area contributed by atoms with Gasteiger partial charge in [-0.15, -0.1) is 12.4 Å². The Morgan fingerprint density at radius 1 is 1.43 bits per heavy atom. The van der Waals surface area contributed by atoms with Gasteiger partial charge in [-0.05, 0) is 29.8 Å². The molecule has 2 heterocycles. The second kappa shape index (κ2) is 7.24. The predicted octanol–water partition coefficient (Wildman–Crippen LogP) is -0.0703. The highest BCUT2D eigenvalue weighted by Crippen LogP contribution is 2.09. The van der Waals surface area contributed by atoms with Crippen LogP contribution in [0.15, 0.2) is 20.3 Å². The van der Waals surface area contributed by atoms with Crippen LogP contribution in [0.3, 0.4) is 0 Å². The van der Waals surface area contributed by atoms with Gasteiger partial charge in [0, 0.05) is 31.4 Å². The average Bonchev–Trinajstić information content (AvgIpc) is 2.39. The van der Waals surface area contributed by atoms with Crippen molar-refractivity contribution in [3.8, 4) is 0 Å². The van der Waals surface area contributed by atoms with Crippen LogP contribution in [0.5, 0.6) is 0 Å². The van der Waals surface area contributed by atoms with Crippen LogP contribution in [-0.4, -0.2) is 45.5 Å². The number of hydrogen-bond acceptors (Lipinski definition) is 4. The Kier molecular flexibility index (Phi) is 6.18. The van der Waals surface area contributed by atoms with E-state index < -0.39 is 11.2 Å². The van der Waals surface area contributed by atoms with Gasteiger partial charge in [-0.25, -0.2) is 4.79 Å². The summed E-state index contributed by atoms with van der Waals surface area (Å²) < 4.78 is 1.43. The number of aromatic amines is 1. The van der Waals surface area contributed by atoms with E-state index in [1.807, 2.05) is 13.8 Å². The monoisotopic (exact) mass is 380 g/mol. The number of carbonyl (C=O) groups is 1. The minimum Gasteiger partial charge on any atom is -0.336 e. The standard InChI is InChI=1S/C12H17BrN4O3.ClH/c1-7-8(2)17(4-3-14-7)10(18)6-16-5-9(13)11(19)15-12(16)20;/h5,7-8,14H,3-4,6H2,1-2H3,(H,15,19,20);1H. The van der Waals surface area contributed by atoms with Gasteiger partial charge in [-0.1, -0.05) is 0 Å². The van der Waals surface area contributed by atoms with Crippen LogP contribution in [0, 0.1) is 0 Å². The number of nitrogens with one attached hydrogen (secondary N) is 2. The minimum atomic E-state index is -0.581. The number of aromatic nitrogens is 2. The first-order chi connectivity index (χ1) is 9.40. The van der Waals surface area contributed by atoms with Gasteiger partial charge >= 0.3 is 5.69 Å². The topological polar surface area (TPSA) is 87.2 Å². The first-order valence-electron chi connectivity index (χ1n) is 6.42. The third-order valence-electron chi connectivity index (χ3n) is 3.63. The van der Waals surface area contributed by atoms with Crippen LogP contribution in [0.1, 0.15) is 13.8 Å². The van der Waals surface area contributed by atoms with E-state index >= 15 is 0 Å².